The van der Waals surface area contributed by atoms with Gasteiger partial charge in [0.15, 0.2) is 5.69 Å². The number of nitriles is 1. The molecule has 8 aromatic carbocycles. The number of hydrogen-bond acceptors (Lipinski definition) is 1. The summed E-state index contributed by atoms with van der Waals surface area (Å²) in [5.74, 6) is 0. The van der Waals surface area contributed by atoms with Crippen molar-refractivity contribution in [1.82, 2.24) is 4.57 Å². The van der Waals surface area contributed by atoms with Gasteiger partial charge in [0.1, 0.15) is 0 Å². The minimum absolute atomic E-state index is 0.451. The highest BCUT2D eigenvalue weighted by Gasteiger charge is 2.21. The first-order valence-electron chi connectivity index (χ1n) is 16.3. The monoisotopic (exact) mass is 621 g/mol. The zero-order valence-corrected chi connectivity index (χ0v) is 26.4. The molecule has 0 saturated carbocycles. The van der Waals surface area contributed by atoms with Gasteiger partial charge >= 0.3 is 0 Å². The van der Waals surface area contributed by atoms with E-state index < -0.39 is 0 Å². The minimum Gasteiger partial charge on any atom is -0.310 e. The molecule has 0 aliphatic heterocycles. The molecule has 0 N–H and O–H groups in total. The van der Waals surface area contributed by atoms with Gasteiger partial charge in [-0.05, 0) is 73.6 Å². The van der Waals surface area contributed by atoms with Gasteiger partial charge < -0.3 is 4.57 Å². The van der Waals surface area contributed by atoms with Crippen LogP contribution in [0.3, 0.4) is 0 Å². The Morgan fingerprint density at radius 2 is 0.857 bits per heavy atom. The van der Waals surface area contributed by atoms with Crippen molar-refractivity contribution in [1.29, 1.82) is 5.26 Å². The number of para-hydroxylation sites is 2. The summed E-state index contributed by atoms with van der Waals surface area (Å²) in [6.07, 6.45) is 0. The van der Waals surface area contributed by atoms with Crippen LogP contribution in [0.15, 0.2) is 164 Å². The van der Waals surface area contributed by atoms with Crippen molar-refractivity contribution in [3.8, 4) is 45.1 Å². The second kappa shape index (κ2) is 11.4. The number of rotatable bonds is 4. The zero-order chi connectivity index (χ0) is 32.9. The molecule has 9 rings (SSSR count). The van der Waals surface area contributed by atoms with E-state index in [1.807, 2.05) is 18.2 Å². The molecule has 0 bridgehead atoms. The Bertz CT molecular complexity index is 2720. The van der Waals surface area contributed by atoms with E-state index in [9.17, 15) is 5.26 Å². The summed E-state index contributed by atoms with van der Waals surface area (Å²) in [6, 6.07) is 59.1. The average molecular weight is 622 g/mol. The molecular weight excluding hydrogens is 595 g/mol. The molecule has 0 spiro atoms. The number of nitrogens with zero attached hydrogens (tertiary/aromatic N) is 3. The lowest BCUT2D eigenvalue weighted by atomic mass is 9.85. The van der Waals surface area contributed by atoms with Crippen molar-refractivity contribution in [2.75, 3.05) is 0 Å². The SMILES string of the molecule is [C-]#[N+]c1cc(C#N)cc(-n2c3ccccc3c3ccccc32)c1-c1ccc(-c2c3ccccc3c(-c3ccccc3)c3ccccc23)cc1. The highest BCUT2D eigenvalue weighted by Crippen LogP contribution is 2.45. The van der Waals surface area contributed by atoms with Gasteiger partial charge in [-0.2, -0.15) is 5.26 Å². The van der Waals surface area contributed by atoms with Crippen molar-refractivity contribution in [2.24, 2.45) is 0 Å². The first kappa shape index (κ1) is 28.3. The molecule has 3 nitrogen and oxygen atoms in total. The van der Waals surface area contributed by atoms with Crippen molar-refractivity contribution in [2.45, 2.75) is 0 Å². The van der Waals surface area contributed by atoms with E-state index in [-0.39, 0.29) is 0 Å². The summed E-state index contributed by atoms with van der Waals surface area (Å²) in [7, 11) is 0. The number of fused-ring (bicyclic) bond motifs is 5. The summed E-state index contributed by atoms with van der Waals surface area (Å²) in [5.41, 5.74) is 10.2. The Morgan fingerprint density at radius 1 is 0.449 bits per heavy atom. The maximum Gasteiger partial charge on any atom is 0.198 e. The first-order chi connectivity index (χ1) is 24.2. The van der Waals surface area contributed by atoms with Crippen LogP contribution in [0.1, 0.15) is 5.56 Å². The fraction of sp³-hybridized carbons (Fsp3) is 0. The predicted octanol–water partition coefficient (Wildman–Crippen LogP) is 12.5. The van der Waals surface area contributed by atoms with Gasteiger partial charge in [-0.15, -0.1) is 0 Å². The Hall–Kier alpha value is -6.94. The van der Waals surface area contributed by atoms with Crippen LogP contribution in [0, 0.1) is 17.9 Å². The molecule has 1 aromatic heterocycles. The van der Waals surface area contributed by atoms with Gasteiger partial charge in [0.25, 0.3) is 0 Å². The molecule has 49 heavy (non-hydrogen) atoms. The second-order valence-corrected chi connectivity index (χ2v) is 12.3. The summed E-state index contributed by atoms with van der Waals surface area (Å²) in [5, 5.41) is 17.1. The third-order valence-corrected chi connectivity index (χ3v) is 9.62. The molecule has 0 amide bonds. The Kier molecular flexibility index (Phi) is 6.58. The molecule has 0 atom stereocenters. The zero-order valence-electron chi connectivity index (χ0n) is 26.4. The van der Waals surface area contributed by atoms with Crippen LogP contribution < -0.4 is 0 Å². The van der Waals surface area contributed by atoms with Crippen LogP contribution >= 0.6 is 0 Å². The van der Waals surface area contributed by atoms with E-state index in [1.165, 1.54) is 38.2 Å². The summed E-state index contributed by atoms with van der Waals surface area (Å²) in [6.45, 7) is 8.21. The predicted molar refractivity (Wildman–Crippen MR) is 203 cm³/mol. The normalized spacial score (nSPS) is 11.2. The smallest absolute Gasteiger partial charge is 0.198 e. The maximum atomic E-state index is 10.0. The molecule has 0 aliphatic carbocycles. The van der Waals surface area contributed by atoms with Gasteiger partial charge in [-0.1, -0.05) is 140 Å². The summed E-state index contributed by atoms with van der Waals surface area (Å²) < 4.78 is 2.20. The fourth-order valence-corrected chi connectivity index (χ4v) is 7.58. The third-order valence-electron chi connectivity index (χ3n) is 9.62. The van der Waals surface area contributed by atoms with Crippen LogP contribution in [0.5, 0.6) is 0 Å². The highest BCUT2D eigenvalue weighted by atomic mass is 15.0. The number of aromatic nitrogens is 1. The number of benzene rings is 8. The van der Waals surface area contributed by atoms with Crippen molar-refractivity contribution >= 4 is 49.0 Å². The fourth-order valence-electron chi connectivity index (χ4n) is 7.58. The van der Waals surface area contributed by atoms with Gasteiger partial charge in [0, 0.05) is 27.6 Å². The van der Waals surface area contributed by atoms with E-state index >= 15 is 0 Å². The largest absolute Gasteiger partial charge is 0.310 e. The number of hydrogen-bond donors (Lipinski definition) is 0. The van der Waals surface area contributed by atoms with Crippen LogP contribution in [-0.4, -0.2) is 4.57 Å². The van der Waals surface area contributed by atoms with Crippen molar-refractivity contribution < 1.29 is 0 Å². The molecule has 0 aliphatic rings. The topological polar surface area (TPSA) is 33.1 Å². The van der Waals surface area contributed by atoms with E-state index in [0.29, 0.717) is 11.3 Å². The Labute approximate surface area is 284 Å². The Morgan fingerprint density at radius 3 is 1.33 bits per heavy atom. The van der Waals surface area contributed by atoms with Gasteiger partial charge in [0.05, 0.1) is 23.7 Å². The first-order valence-corrected chi connectivity index (χ1v) is 16.3. The third kappa shape index (κ3) is 4.42. The molecule has 226 valence electrons. The van der Waals surface area contributed by atoms with E-state index in [2.05, 4.69) is 155 Å². The van der Waals surface area contributed by atoms with Gasteiger partial charge in [0.2, 0.25) is 0 Å². The quantitative estimate of drug-likeness (QED) is 0.142. The minimum atomic E-state index is 0.451. The molecule has 1 heterocycles. The van der Waals surface area contributed by atoms with E-state index in [4.69, 9.17) is 6.57 Å². The van der Waals surface area contributed by atoms with Gasteiger partial charge in [-0.25, -0.2) is 4.85 Å². The maximum absolute atomic E-state index is 10.0. The molecule has 3 heteroatoms. The standard InChI is InChI=1S/C46H27N3/c1-48-40-27-30(29-47)28-43(49-41-21-11-9-15-34(41)35-16-10-12-22-42(35)49)46(40)33-25-23-32(24-26-33)45-38-19-7-5-17-36(38)44(31-13-3-2-4-14-31)37-18-6-8-20-39(37)45/h2-28H. The molecular formula is C46H27N3. The lowest BCUT2D eigenvalue weighted by Crippen LogP contribution is -1.99. The lowest BCUT2D eigenvalue weighted by molar-refractivity contribution is 1.18. The molecule has 0 saturated heterocycles. The second-order valence-electron chi connectivity index (χ2n) is 12.3. The van der Waals surface area contributed by atoms with Gasteiger partial charge in [-0.3, -0.25) is 0 Å². The van der Waals surface area contributed by atoms with E-state index in [1.54, 1.807) is 6.07 Å². The van der Waals surface area contributed by atoms with Crippen molar-refractivity contribution in [3.63, 3.8) is 0 Å². The van der Waals surface area contributed by atoms with Crippen LogP contribution in [0.4, 0.5) is 5.69 Å². The molecule has 0 radical (unpaired) electrons. The molecule has 9 aromatic rings. The van der Waals surface area contributed by atoms with Crippen molar-refractivity contribution in [3.05, 3.63) is 181 Å². The van der Waals surface area contributed by atoms with E-state index in [0.717, 1.165) is 44.2 Å². The Balaban J connectivity index is 1.29. The summed E-state index contributed by atoms with van der Waals surface area (Å²) in [4.78, 5) is 3.97. The lowest BCUT2D eigenvalue weighted by Gasteiger charge is -2.19. The average Bonchev–Trinajstić information content (AvgIpc) is 3.51. The summed E-state index contributed by atoms with van der Waals surface area (Å²) >= 11 is 0. The van der Waals surface area contributed by atoms with Crippen LogP contribution in [-0.2, 0) is 0 Å². The van der Waals surface area contributed by atoms with Crippen LogP contribution in [0.2, 0.25) is 0 Å². The highest BCUT2D eigenvalue weighted by molar-refractivity contribution is 6.21. The molecule has 0 fully saturated rings. The van der Waals surface area contributed by atoms with Crippen LogP contribution in [0.25, 0.3) is 87.3 Å². The molecule has 0 unspecified atom stereocenters.